The van der Waals surface area contributed by atoms with Crippen molar-refractivity contribution in [3.05, 3.63) is 22.4 Å². The molecule has 1 aromatic carbocycles. The molecular weight excluding hydrogens is 313 g/mol. The summed E-state index contributed by atoms with van der Waals surface area (Å²) >= 11 is 3.05. The van der Waals surface area contributed by atoms with Crippen molar-refractivity contribution in [2.45, 2.75) is 26.8 Å². The minimum absolute atomic E-state index is 0.142. The van der Waals surface area contributed by atoms with Gasteiger partial charge < -0.3 is 16.4 Å². The summed E-state index contributed by atoms with van der Waals surface area (Å²) in [6.07, 6.45) is 0. The van der Waals surface area contributed by atoms with E-state index in [4.69, 9.17) is 5.73 Å². The van der Waals surface area contributed by atoms with Crippen molar-refractivity contribution in [2.24, 2.45) is 5.92 Å². The Kier molecular flexibility index (Phi) is 5.60. The lowest BCUT2D eigenvalue weighted by atomic mass is 10.2. The molecule has 0 fully saturated rings. The van der Waals surface area contributed by atoms with E-state index in [1.54, 1.807) is 6.92 Å². The quantitative estimate of drug-likeness (QED) is 0.727. The summed E-state index contributed by atoms with van der Waals surface area (Å²) in [7, 11) is 0. The highest BCUT2D eigenvalue weighted by Gasteiger charge is 2.15. The van der Waals surface area contributed by atoms with Crippen LogP contribution in [0.2, 0.25) is 0 Å². The van der Waals surface area contributed by atoms with E-state index in [0.717, 1.165) is 0 Å². The second-order valence-electron chi connectivity index (χ2n) is 4.86. The minimum Gasteiger partial charge on any atom is -0.397 e. The second-order valence-corrected chi connectivity index (χ2v) is 5.71. The molecule has 106 valence electrons. The number of nitrogens with two attached hydrogens (primary N) is 1. The summed E-state index contributed by atoms with van der Waals surface area (Å²) in [5, 5.41) is 5.71. The van der Waals surface area contributed by atoms with Gasteiger partial charge in [-0.3, -0.25) is 4.79 Å². The molecule has 0 aliphatic rings. The zero-order valence-electron chi connectivity index (χ0n) is 11.3. The van der Waals surface area contributed by atoms with Gasteiger partial charge in [0.05, 0.1) is 15.8 Å². The van der Waals surface area contributed by atoms with Crippen LogP contribution in [0.4, 0.5) is 15.8 Å². The lowest BCUT2D eigenvalue weighted by Gasteiger charge is -2.17. The Hall–Kier alpha value is -1.30. The largest absolute Gasteiger partial charge is 0.397 e. The second kappa shape index (κ2) is 6.75. The molecule has 1 unspecified atom stereocenters. The summed E-state index contributed by atoms with van der Waals surface area (Å²) in [4.78, 5) is 11.8. The molecule has 0 aliphatic carbocycles. The SMILES string of the molecule is CC(C)CNC(=O)C(C)Nc1cc(F)c(Br)cc1N. The molecule has 6 heteroatoms. The molecule has 19 heavy (non-hydrogen) atoms. The molecule has 1 amide bonds. The summed E-state index contributed by atoms with van der Waals surface area (Å²) < 4.78 is 13.7. The smallest absolute Gasteiger partial charge is 0.242 e. The van der Waals surface area contributed by atoms with Crippen LogP contribution >= 0.6 is 15.9 Å². The van der Waals surface area contributed by atoms with Gasteiger partial charge in [0.25, 0.3) is 0 Å². The molecule has 1 aromatic rings. The summed E-state index contributed by atoms with van der Waals surface area (Å²) in [5.41, 5.74) is 6.57. The molecule has 0 aliphatic heterocycles. The van der Waals surface area contributed by atoms with Crippen LogP contribution in [-0.2, 0) is 4.79 Å². The van der Waals surface area contributed by atoms with Crippen LogP contribution in [0.3, 0.4) is 0 Å². The highest BCUT2D eigenvalue weighted by atomic mass is 79.9. The molecule has 0 spiro atoms. The number of rotatable bonds is 5. The molecule has 0 aromatic heterocycles. The Balaban J connectivity index is 2.69. The number of carbonyl (C=O) groups is 1. The number of hydrogen-bond donors (Lipinski definition) is 3. The topological polar surface area (TPSA) is 67.2 Å². The Bertz CT molecular complexity index is 465. The predicted molar refractivity (Wildman–Crippen MR) is 79.4 cm³/mol. The monoisotopic (exact) mass is 331 g/mol. The number of nitrogens with one attached hydrogen (secondary N) is 2. The minimum atomic E-state index is -0.485. The Morgan fingerprint density at radius 1 is 1.42 bits per heavy atom. The average Bonchev–Trinajstić information content (AvgIpc) is 2.32. The molecule has 4 N–H and O–H groups in total. The van der Waals surface area contributed by atoms with Crippen LogP contribution in [0, 0.1) is 11.7 Å². The first-order valence-corrected chi connectivity index (χ1v) is 6.89. The van der Waals surface area contributed by atoms with E-state index in [1.165, 1.54) is 12.1 Å². The highest BCUT2D eigenvalue weighted by molar-refractivity contribution is 9.10. The molecule has 0 radical (unpaired) electrons. The van der Waals surface area contributed by atoms with Gasteiger partial charge in [0.15, 0.2) is 0 Å². The zero-order valence-corrected chi connectivity index (χ0v) is 12.8. The van der Waals surface area contributed by atoms with Gasteiger partial charge in [-0.15, -0.1) is 0 Å². The van der Waals surface area contributed by atoms with E-state index >= 15 is 0 Å². The Morgan fingerprint density at radius 2 is 2.05 bits per heavy atom. The van der Waals surface area contributed by atoms with Crippen LogP contribution in [0.25, 0.3) is 0 Å². The molecular formula is C13H19BrFN3O. The fourth-order valence-corrected chi connectivity index (χ4v) is 1.80. The number of anilines is 2. The van der Waals surface area contributed by atoms with Crippen molar-refractivity contribution in [1.29, 1.82) is 0 Å². The van der Waals surface area contributed by atoms with E-state index in [0.29, 0.717) is 28.3 Å². The Labute approximate surface area is 121 Å². The van der Waals surface area contributed by atoms with Crippen LogP contribution in [0.5, 0.6) is 0 Å². The van der Waals surface area contributed by atoms with E-state index in [2.05, 4.69) is 26.6 Å². The van der Waals surface area contributed by atoms with E-state index in [-0.39, 0.29) is 5.91 Å². The normalized spacial score (nSPS) is 12.3. The van der Waals surface area contributed by atoms with E-state index < -0.39 is 11.9 Å². The predicted octanol–water partition coefficient (Wildman–Crippen LogP) is 2.74. The van der Waals surface area contributed by atoms with Crippen molar-refractivity contribution in [3.63, 3.8) is 0 Å². The van der Waals surface area contributed by atoms with Crippen molar-refractivity contribution in [3.8, 4) is 0 Å². The van der Waals surface area contributed by atoms with Gasteiger partial charge in [-0.25, -0.2) is 4.39 Å². The first-order chi connectivity index (χ1) is 8.81. The molecule has 0 bridgehead atoms. The summed E-state index contributed by atoms with van der Waals surface area (Å²) in [6.45, 7) is 6.34. The van der Waals surface area contributed by atoms with Gasteiger partial charge in [-0.2, -0.15) is 0 Å². The molecule has 0 heterocycles. The first kappa shape index (κ1) is 15.8. The van der Waals surface area contributed by atoms with Crippen LogP contribution in [-0.4, -0.2) is 18.5 Å². The maximum Gasteiger partial charge on any atom is 0.242 e. The maximum absolute atomic E-state index is 13.4. The third-order valence-corrected chi connectivity index (χ3v) is 3.15. The zero-order chi connectivity index (χ0) is 14.6. The number of amides is 1. The first-order valence-electron chi connectivity index (χ1n) is 6.10. The third-order valence-electron chi connectivity index (χ3n) is 2.54. The van der Waals surface area contributed by atoms with E-state index in [1.807, 2.05) is 13.8 Å². The number of halogens is 2. The van der Waals surface area contributed by atoms with E-state index in [9.17, 15) is 9.18 Å². The average molecular weight is 332 g/mol. The number of benzene rings is 1. The lowest BCUT2D eigenvalue weighted by Crippen LogP contribution is -2.39. The number of nitrogen functional groups attached to an aromatic ring is 1. The van der Waals surface area contributed by atoms with Gasteiger partial charge in [0, 0.05) is 12.6 Å². The van der Waals surface area contributed by atoms with Gasteiger partial charge in [-0.1, -0.05) is 13.8 Å². The van der Waals surface area contributed by atoms with Crippen molar-refractivity contribution in [1.82, 2.24) is 5.32 Å². The standard InChI is InChI=1S/C13H19BrFN3O/c1-7(2)6-17-13(19)8(3)18-12-5-10(15)9(14)4-11(12)16/h4-5,7-8,18H,6,16H2,1-3H3,(H,17,19). The van der Waals surface area contributed by atoms with Gasteiger partial charge in [0.1, 0.15) is 11.9 Å². The van der Waals surface area contributed by atoms with Gasteiger partial charge in [0.2, 0.25) is 5.91 Å². The van der Waals surface area contributed by atoms with Crippen LogP contribution in [0.1, 0.15) is 20.8 Å². The number of carbonyl (C=O) groups excluding carboxylic acids is 1. The molecule has 1 atom stereocenters. The Morgan fingerprint density at radius 3 is 2.63 bits per heavy atom. The molecule has 0 saturated heterocycles. The van der Waals surface area contributed by atoms with Gasteiger partial charge in [-0.05, 0) is 34.8 Å². The molecule has 1 rings (SSSR count). The van der Waals surface area contributed by atoms with Crippen molar-refractivity contribution < 1.29 is 9.18 Å². The third kappa shape index (κ3) is 4.70. The molecule has 0 saturated carbocycles. The number of hydrogen-bond acceptors (Lipinski definition) is 3. The van der Waals surface area contributed by atoms with Gasteiger partial charge >= 0.3 is 0 Å². The maximum atomic E-state index is 13.4. The highest BCUT2D eigenvalue weighted by Crippen LogP contribution is 2.26. The lowest BCUT2D eigenvalue weighted by molar-refractivity contribution is -0.121. The van der Waals surface area contributed by atoms with Crippen molar-refractivity contribution >= 4 is 33.2 Å². The fourth-order valence-electron chi connectivity index (χ4n) is 1.44. The van der Waals surface area contributed by atoms with Crippen LogP contribution in [0.15, 0.2) is 16.6 Å². The molecule has 4 nitrogen and oxygen atoms in total. The van der Waals surface area contributed by atoms with Crippen LogP contribution < -0.4 is 16.4 Å². The van der Waals surface area contributed by atoms with Crippen molar-refractivity contribution in [2.75, 3.05) is 17.6 Å². The summed E-state index contributed by atoms with van der Waals surface area (Å²) in [5.74, 6) is -0.186. The fraction of sp³-hybridized carbons (Fsp3) is 0.462. The summed E-state index contributed by atoms with van der Waals surface area (Å²) in [6, 6.07) is 2.25.